The summed E-state index contributed by atoms with van der Waals surface area (Å²) in [5.41, 5.74) is 3.40. The van der Waals surface area contributed by atoms with Crippen molar-refractivity contribution in [2.75, 3.05) is 18.5 Å². The van der Waals surface area contributed by atoms with E-state index in [1.54, 1.807) is 11.3 Å². The Morgan fingerprint density at radius 3 is 2.56 bits per heavy atom. The van der Waals surface area contributed by atoms with Gasteiger partial charge >= 0.3 is 0 Å². The Hall–Kier alpha value is -2.86. The lowest BCUT2D eigenvalue weighted by molar-refractivity contribution is 0.333. The molecular formula is C21H22N4OS. The van der Waals surface area contributed by atoms with E-state index < -0.39 is 0 Å². The normalized spacial score (nSPS) is 11.2. The second kappa shape index (κ2) is 7.80. The molecule has 0 radical (unpaired) electrons. The first-order valence-electron chi connectivity index (χ1n) is 9.07. The second-order valence-corrected chi connectivity index (χ2v) is 7.58. The summed E-state index contributed by atoms with van der Waals surface area (Å²) in [6, 6.07) is 18.4. The Bertz CT molecular complexity index is 974. The van der Waals surface area contributed by atoms with Gasteiger partial charge in [0, 0.05) is 5.56 Å². The molecule has 0 aliphatic carbocycles. The molecule has 0 fully saturated rings. The third-order valence-corrected chi connectivity index (χ3v) is 5.19. The smallest absolute Gasteiger partial charge is 0.214 e. The van der Waals surface area contributed by atoms with E-state index in [-0.39, 0.29) is 0 Å². The fourth-order valence-electron chi connectivity index (χ4n) is 2.79. The zero-order valence-electron chi connectivity index (χ0n) is 15.4. The van der Waals surface area contributed by atoms with Crippen molar-refractivity contribution in [2.24, 2.45) is 0 Å². The van der Waals surface area contributed by atoms with E-state index in [1.807, 2.05) is 41.0 Å². The molecule has 0 atom stereocenters. The molecule has 27 heavy (non-hydrogen) atoms. The molecule has 0 saturated carbocycles. The van der Waals surface area contributed by atoms with Crippen LogP contribution in [0, 0.1) is 0 Å². The monoisotopic (exact) mass is 378 g/mol. The van der Waals surface area contributed by atoms with Crippen LogP contribution in [0.1, 0.15) is 25.3 Å². The molecule has 6 heteroatoms. The minimum absolute atomic E-state index is 0.533. The highest BCUT2D eigenvalue weighted by atomic mass is 32.1. The average molecular weight is 379 g/mol. The average Bonchev–Trinajstić information content (AvgIpc) is 3.25. The van der Waals surface area contributed by atoms with Crippen molar-refractivity contribution in [3.8, 4) is 17.0 Å². The molecule has 0 saturated heterocycles. The number of nitrogens with one attached hydrogen (secondary N) is 1. The maximum absolute atomic E-state index is 5.68. The van der Waals surface area contributed by atoms with E-state index in [4.69, 9.17) is 9.72 Å². The van der Waals surface area contributed by atoms with Gasteiger partial charge in [0.2, 0.25) is 10.1 Å². The van der Waals surface area contributed by atoms with Crippen molar-refractivity contribution in [3.63, 3.8) is 0 Å². The van der Waals surface area contributed by atoms with Crippen molar-refractivity contribution >= 4 is 21.4 Å². The summed E-state index contributed by atoms with van der Waals surface area (Å²) in [5.74, 6) is 1.41. The van der Waals surface area contributed by atoms with Gasteiger partial charge in [-0.2, -0.15) is 0 Å². The van der Waals surface area contributed by atoms with Crippen molar-refractivity contribution in [3.05, 3.63) is 66.4 Å². The van der Waals surface area contributed by atoms with Crippen LogP contribution < -0.4 is 10.1 Å². The zero-order valence-corrected chi connectivity index (χ0v) is 16.2. The molecule has 0 aliphatic heterocycles. The fraction of sp³-hybridized carbons (Fsp3) is 0.238. The third-order valence-electron chi connectivity index (χ3n) is 4.31. The summed E-state index contributed by atoms with van der Waals surface area (Å²) in [6.45, 7) is 5.67. The van der Waals surface area contributed by atoms with Crippen molar-refractivity contribution < 1.29 is 4.74 Å². The van der Waals surface area contributed by atoms with Gasteiger partial charge in [-0.05, 0) is 23.6 Å². The minimum atomic E-state index is 0.533. The van der Waals surface area contributed by atoms with Crippen LogP contribution in [0.3, 0.4) is 0 Å². The molecular weight excluding hydrogens is 356 g/mol. The number of rotatable bonds is 7. The van der Waals surface area contributed by atoms with Gasteiger partial charge in [0.15, 0.2) is 0 Å². The number of nitrogens with zero attached hydrogens (tertiary/aromatic N) is 3. The number of hydrogen-bond donors (Lipinski definition) is 1. The predicted octanol–water partition coefficient (Wildman–Crippen LogP) is 5.07. The number of aromatic nitrogens is 3. The van der Waals surface area contributed by atoms with Gasteiger partial charge in [0.1, 0.15) is 12.4 Å². The fourth-order valence-corrected chi connectivity index (χ4v) is 3.60. The van der Waals surface area contributed by atoms with Gasteiger partial charge in [-0.3, -0.25) is 0 Å². The number of fused-ring (bicyclic) bond motifs is 1. The molecule has 0 bridgehead atoms. The largest absolute Gasteiger partial charge is 0.492 e. The molecule has 138 valence electrons. The van der Waals surface area contributed by atoms with Crippen LogP contribution >= 0.6 is 11.3 Å². The predicted molar refractivity (Wildman–Crippen MR) is 111 cm³/mol. The molecule has 5 nitrogen and oxygen atoms in total. The lowest BCUT2D eigenvalue weighted by Crippen LogP contribution is -2.11. The van der Waals surface area contributed by atoms with Crippen LogP contribution in [0.2, 0.25) is 0 Å². The standard InChI is InChI=1S/C21H22N4OS/c1-15(2)16-8-10-17(11-9-16)19-14-25-21(23-19)27-20(24-25)22-12-13-26-18-6-4-3-5-7-18/h3-11,14-15H,12-13H2,1-2H3,(H,22,24). The summed E-state index contributed by atoms with van der Waals surface area (Å²) >= 11 is 1.54. The van der Waals surface area contributed by atoms with E-state index in [2.05, 4.69) is 48.5 Å². The van der Waals surface area contributed by atoms with Gasteiger partial charge in [-0.1, -0.05) is 67.6 Å². The van der Waals surface area contributed by atoms with Crippen molar-refractivity contribution in [1.82, 2.24) is 14.6 Å². The molecule has 0 aliphatic rings. The summed E-state index contributed by atoms with van der Waals surface area (Å²) < 4.78 is 7.51. The van der Waals surface area contributed by atoms with Gasteiger partial charge in [0.25, 0.3) is 0 Å². The first-order chi connectivity index (χ1) is 13.2. The Kier molecular flexibility index (Phi) is 5.07. The molecule has 2 aromatic carbocycles. The molecule has 1 N–H and O–H groups in total. The zero-order chi connectivity index (χ0) is 18.6. The highest BCUT2D eigenvalue weighted by Crippen LogP contribution is 2.25. The Morgan fingerprint density at radius 2 is 1.85 bits per heavy atom. The Labute approximate surface area is 162 Å². The highest BCUT2D eigenvalue weighted by Gasteiger charge is 2.10. The molecule has 0 unspecified atom stereocenters. The molecule has 0 spiro atoms. The van der Waals surface area contributed by atoms with E-state index >= 15 is 0 Å². The molecule has 4 aromatic rings. The number of benzene rings is 2. The van der Waals surface area contributed by atoms with Crippen LogP contribution in [-0.4, -0.2) is 27.7 Å². The van der Waals surface area contributed by atoms with E-state index in [0.717, 1.165) is 27.1 Å². The number of imidazole rings is 1. The second-order valence-electron chi connectivity index (χ2n) is 6.63. The summed E-state index contributed by atoms with van der Waals surface area (Å²) in [7, 11) is 0. The Morgan fingerprint density at radius 1 is 1.07 bits per heavy atom. The maximum atomic E-state index is 5.68. The van der Waals surface area contributed by atoms with Crippen molar-refractivity contribution in [1.29, 1.82) is 0 Å². The van der Waals surface area contributed by atoms with Crippen LogP contribution in [0.4, 0.5) is 5.13 Å². The lowest BCUT2D eigenvalue weighted by Gasteiger charge is -2.06. The maximum Gasteiger partial charge on any atom is 0.214 e. The lowest BCUT2D eigenvalue weighted by atomic mass is 10.0. The van der Waals surface area contributed by atoms with E-state index in [9.17, 15) is 0 Å². The molecule has 0 amide bonds. The van der Waals surface area contributed by atoms with Crippen LogP contribution in [-0.2, 0) is 0 Å². The number of ether oxygens (including phenoxy) is 1. The molecule has 2 aromatic heterocycles. The van der Waals surface area contributed by atoms with Crippen LogP contribution in [0.25, 0.3) is 16.2 Å². The van der Waals surface area contributed by atoms with Gasteiger partial charge in [-0.25, -0.2) is 9.50 Å². The van der Waals surface area contributed by atoms with Crippen molar-refractivity contribution in [2.45, 2.75) is 19.8 Å². The Balaban J connectivity index is 1.37. The quantitative estimate of drug-likeness (QED) is 0.456. The number of anilines is 1. The first kappa shape index (κ1) is 17.5. The van der Waals surface area contributed by atoms with Gasteiger partial charge in [-0.15, -0.1) is 5.10 Å². The third kappa shape index (κ3) is 4.11. The van der Waals surface area contributed by atoms with E-state index in [0.29, 0.717) is 19.1 Å². The van der Waals surface area contributed by atoms with Gasteiger partial charge in [0.05, 0.1) is 18.4 Å². The molecule has 4 rings (SSSR count). The summed E-state index contributed by atoms with van der Waals surface area (Å²) in [4.78, 5) is 5.58. The van der Waals surface area contributed by atoms with E-state index in [1.165, 1.54) is 5.56 Å². The van der Waals surface area contributed by atoms with Gasteiger partial charge < -0.3 is 10.1 Å². The number of hydrogen-bond acceptors (Lipinski definition) is 5. The number of para-hydroxylation sites is 1. The SMILES string of the molecule is CC(C)c1ccc(-c2cn3nc(NCCOc4ccccc4)sc3n2)cc1. The first-order valence-corrected chi connectivity index (χ1v) is 9.89. The van der Waals surface area contributed by atoms with Crippen LogP contribution in [0.5, 0.6) is 5.75 Å². The van der Waals surface area contributed by atoms with Crippen LogP contribution in [0.15, 0.2) is 60.8 Å². The topological polar surface area (TPSA) is 51.5 Å². The summed E-state index contributed by atoms with van der Waals surface area (Å²) in [5, 5.41) is 8.69. The minimum Gasteiger partial charge on any atom is -0.492 e. The molecule has 2 heterocycles. The summed E-state index contributed by atoms with van der Waals surface area (Å²) in [6.07, 6.45) is 1.97. The highest BCUT2D eigenvalue weighted by molar-refractivity contribution is 7.20.